The van der Waals surface area contributed by atoms with E-state index in [2.05, 4.69) is 20.6 Å². The molecule has 186 valence electrons. The van der Waals surface area contributed by atoms with Gasteiger partial charge >= 0.3 is 11.9 Å². The van der Waals surface area contributed by atoms with E-state index >= 15 is 0 Å². The molecule has 1 unspecified atom stereocenters. The van der Waals surface area contributed by atoms with E-state index in [0.29, 0.717) is 13.0 Å². The highest BCUT2D eigenvalue weighted by Gasteiger charge is 2.28. The van der Waals surface area contributed by atoms with Crippen LogP contribution in [-0.2, 0) is 35.1 Å². The van der Waals surface area contributed by atoms with E-state index in [1.165, 1.54) is 0 Å². The summed E-state index contributed by atoms with van der Waals surface area (Å²) in [5.74, 6) is -1.99. The summed E-state index contributed by atoms with van der Waals surface area (Å²) < 4.78 is 11.0. The van der Waals surface area contributed by atoms with Gasteiger partial charge in [-0.3, -0.25) is 14.4 Å². The van der Waals surface area contributed by atoms with Gasteiger partial charge in [0.25, 0.3) is 0 Å². The number of aromatic nitrogens is 2. The van der Waals surface area contributed by atoms with Crippen molar-refractivity contribution in [3.8, 4) is 0 Å². The quantitative estimate of drug-likeness (QED) is 0.310. The molecule has 0 bridgehead atoms. The second-order valence-corrected chi connectivity index (χ2v) is 8.79. The van der Waals surface area contributed by atoms with Crippen LogP contribution in [0, 0.1) is 0 Å². The number of carbonyl (C=O) groups is 4. The van der Waals surface area contributed by atoms with Crippen molar-refractivity contribution in [2.45, 2.75) is 88.9 Å². The van der Waals surface area contributed by atoms with Crippen LogP contribution < -0.4 is 10.6 Å². The molecule has 2 fully saturated rings. The van der Waals surface area contributed by atoms with Gasteiger partial charge in [-0.2, -0.15) is 0 Å². The van der Waals surface area contributed by atoms with Gasteiger partial charge in [0, 0.05) is 43.4 Å². The fourth-order valence-corrected chi connectivity index (χ4v) is 4.19. The lowest BCUT2D eigenvalue weighted by Crippen LogP contribution is -2.42. The van der Waals surface area contributed by atoms with Gasteiger partial charge in [-0.1, -0.05) is 0 Å². The van der Waals surface area contributed by atoms with E-state index in [1.807, 2.05) is 0 Å². The number of nitrogens with zero attached hydrogens (tertiary/aromatic N) is 1. The largest absolute Gasteiger partial charge is 0.462 e. The van der Waals surface area contributed by atoms with Crippen LogP contribution >= 0.6 is 0 Å². The van der Waals surface area contributed by atoms with Crippen molar-refractivity contribution >= 4 is 23.8 Å². The van der Waals surface area contributed by atoms with Crippen LogP contribution in [0.3, 0.4) is 0 Å². The Bertz CT molecular complexity index is 842. The van der Waals surface area contributed by atoms with E-state index in [4.69, 9.17) is 9.47 Å². The molecule has 1 heterocycles. The standard InChI is InChI=1S/C24H34N4O6/c29-21(26-14-13-17-15-25-16-27-17)10-11-22(30)28-20(24(32)34-19-7-3-4-8-19)9-12-23(31)33-18-5-1-2-6-18/h10-11,15-16,18-20H,1-9,12-14H2,(H,25,27)(H,26,29)(H,28,30)/b11-10+. The van der Waals surface area contributed by atoms with Crippen LogP contribution in [0.5, 0.6) is 0 Å². The SMILES string of the molecule is O=C(/C=C/C(=O)NC(CCC(=O)OC1CCCC1)C(=O)OC1CCCC1)NCCc1cnc[nH]1. The molecule has 1 aromatic heterocycles. The molecule has 2 aliphatic carbocycles. The highest BCUT2D eigenvalue weighted by Crippen LogP contribution is 2.23. The predicted octanol–water partition coefficient (Wildman–Crippen LogP) is 1.86. The van der Waals surface area contributed by atoms with Crippen LogP contribution in [0.2, 0.25) is 0 Å². The van der Waals surface area contributed by atoms with Gasteiger partial charge < -0.3 is 25.1 Å². The first kappa shape index (κ1) is 25.5. The highest BCUT2D eigenvalue weighted by atomic mass is 16.5. The molecule has 3 N–H and O–H groups in total. The van der Waals surface area contributed by atoms with Gasteiger partial charge in [0.05, 0.1) is 6.33 Å². The molecule has 34 heavy (non-hydrogen) atoms. The van der Waals surface area contributed by atoms with Gasteiger partial charge in [0.1, 0.15) is 18.2 Å². The number of esters is 2. The average Bonchev–Trinajstić information content (AvgIpc) is 3.59. The Morgan fingerprint density at radius 1 is 1.00 bits per heavy atom. The molecule has 0 spiro atoms. The van der Waals surface area contributed by atoms with Crippen LogP contribution in [0.4, 0.5) is 0 Å². The Balaban J connectivity index is 1.46. The third-order valence-electron chi connectivity index (χ3n) is 6.06. The maximum atomic E-state index is 12.7. The lowest BCUT2D eigenvalue weighted by molar-refractivity contribution is -0.154. The van der Waals surface area contributed by atoms with E-state index < -0.39 is 23.8 Å². The minimum atomic E-state index is -0.989. The first-order valence-corrected chi connectivity index (χ1v) is 12.1. The number of rotatable bonds is 12. The molecule has 2 amide bonds. The number of ether oxygens (including phenoxy) is 2. The van der Waals surface area contributed by atoms with Crippen molar-refractivity contribution in [1.29, 1.82) is 0 Å². The molecule has 2 aliphatic rings. The summed E-state index contributed by atoms with van der Waals surface area (Å²) in [6.45, 7) is 0.381. The smallest absolute Gasteiger partial charge is 0.328 e. The van der Waals surface area contributed by atoms with Crippen LogP contribution in [0.15, 0.2) is 24.7 Å². The van der Waals surface area contributed by atoms with Crippen LogP contribution in [0.1, 0.15) is 69.9 Å². The molecule has 10 heteroatoms. The molecule has 0 aliphatic heterocycles. The van der Waals surface area contributed by atoms with Crippen molar-refractivity contribution in [2.24, 2.45) is 0 Å². The van der Waals surface area contributed by atoms with Gasteiger partial charge in [0.15, 0.2) is 0 Å². The predicted molar refractivity (Wildman–Crippen MR) is 122 cm³/mol. The fraction of sp³-hybridized carbons (Fsp3) is 0.625. The highest BCUT2D eigenvalue weighted by molar-refractivity contribution is 5.98. The number of aromatic amines is 1. The summed E-state index contributed by atoms with van der Waals surface area (Å²) in [5.41, 5.74) is 0.886. The number of H-pyrrole nitrogens is 1. The van der Waals surface area contributed by atoms with Gasteiger partial charge in [-0.15, -0.1) is 0 Å². The monoisotopic (exact) mass is 474 g/mol. The normalized spacial score (nSPS) is 17.5. The Kier molecular flexibility index (Phi) is 10.1. The second-order valence-electron chi connectivity index (χ2n) is 8.79. The second kappa shape index (κ2) is 13.5. The number of amides is 2. The summed E-state index contributed by atoms with van der Waals surface area (Å²) in [7, 11) is 0. The van der Waals surface area contributed by atoms with Crippen molar-refractivity contribution in [3.63, 3.8) is 0 Å². The maximum absolute atomic E-state index is 12.7. The maximum Gasteiger partial charge on any atom is 0.328 e. The zero-order valence-corrected chi connectivity index (χ0v) is 19.4. The molecule has 0 radical (unpaired) electrons. The molecule has 10 nitrogen and oxygen atoms in total. The van der Waals surface area contributed by atoms with E-state index in [0.717, 1.165) is 69.2 Å². The molecule has 1 atom stereocenters. The molecule has 0 saturated heterocycles. The van der Waals surface area contributed by atoms with E-state index in [-0.39, 0.29) is 31.0 Å². The molecular formula is C24H34N4O6. The van der Waals surface area contributed by atoms with Crippen molar-refractivity contribution in [2.75, 3.05) is 6.54 Å². The third kappa shape index (κ3) is 8.99. The number of carbonyl (C=O) groups excluding carboxylic acids is 4. The number of nitrogens with one attached hydrogen (secondary N) is 3. The summed E-state index contributed by atoms with van der Waals surface area (Å²) in [4.78, 5) is 56.0. The molecule has 3 rings (SSSR count). The first-order chi connectivity index (χ1) is 16.5. The Labute approximate surface area is 199 Å². The molecule has 2 saturated carbocycles. The Morgan fingerprint density at radius 3 is 2.29 bits per heavy atom. The van der Waals surface area contributed by atoms with E-state index in [1.54, 1.807) is 12.5 Å². The van der Waals surface area contributed by atoms with Crippen molar-refractivity contribution < 1.29 is 28.7 Å². The van der Waals surface area contributed by atoms with Crippen LogP contribution in [0.25, 0.3) is 0 Å². The Morgan fingerprint density at radius 2 is 1.65 bits per heavy atom. The molecular weight excluding hydrogens is 440 g/mol. The Hall–Kier alpha value is -3.17. The lowest BCUT2D eigenvalue weighted by Gasteiger charge is -2.20. The number of hydrogen-bond donors (Lipinski definition) is 3. The number of imidazole rings is 1. The van der Waals surface area contributed by atoms with Gasteiger partial charge in [-0.05, 0) is 57.8 Å². The van der Waals surface area contributed by atoms with Crippen LogP contribution in [-0.4, -0.2) is 58.5 Å². The van der Waals surface area contributed by atoms with Crippen molar-refractivity contribution in [1.82, 2.24) is 20.6 Å². The topological polar surface area (TPSA) is 139 Å². The minimum absolute atomic E-state index is 0.000978. The summed E-state index contributed by atoms with van der Waals surface area (Å²) in [5, 5.41) is 5.24. The third-order valence-corrected chi connectivity index (χ3v) is 6.06. The van der Waals surface area contributed by atoms with Crippen molar-refractivity contribution in [3.05, 3.63) is 30.4 Å². The van der Waals surface area contributed by atoms with Gasteiger partial charge in [0.2, 0.25) is 11.8 Å². The summed E-state index contributed by atoms with van der Waals surface area (Å²) in [6.07, 6.45) is 13.3. The average molecular weight is 475 g/mol. The zero-order valence-electron chi connectivity index (χ0n) is 19.4. The fourth-order valence-electron chi connectivity index (χ4n) is 4.19. The minimum Gasteiger partial charge on any atom is -0.462 e. The first-order valence-electron chi connectivity index (χ1n) is 12.1. The summed E-state index contributed by atoms with van der Waals surface area (Å²) in [6, 6.07) is -0.989. The number of hydrogen-bond acceptors (Lipinski definition) is 7. The van der Waals surface area contributed by atoms with E-state index in [9.17, 15) is 19.2 Å². The van der Waals surface area contributed by atoms with Gasteiger partial charge in [-0.25, -0.2) is 9.78 Å². The molecule has 0 aromatic carbocycles. The lowest BCUT2D eigenvalue weighted by atomic mass is 10.1. The molecule has 1 aromatic rings. The summed E-state index contributed by atoms with van der Waals surface area (Å²) >= 11 is 0. The zero-order chi connectivity index (χ0) is 24.2.